The maximum Gasteiger partial charge on any atom is 0.141 e. The number of phenols is 1. The number of fused-ring (bicyclic) bond motifs is 2. The molecule has 0 amide bonds. The minimum atomic E-state index is -0.273. The number of hydrogen-bond acceptors (Lipinski definition) is 3. The Morgan fingerprint density at radius 2 is 1.88 bits per heavy atom. The highest BCUT2D eigenvalue weighted by Gasteiger charge is 2.34. The number of nitrogens with zero attached hydrogens (tertiary/aromatic N) is 1. The molecule has 4 rings (SSSR count). The van der Waals surface area contributed by atoms with Gasteiger partial charge in [0, 0.05) is 10.4 Å². The van der Waals surface area contributed by atoms with Gasteiger partial charge in [0.15, 0.2) is 0 Å². The Balaban J connectivity index is 1.91. The van der Waals surface area contributed by atoms with Crippen molar-refractivity contribution in [3.05, 3.63) is 57.1 Å². The van der Waals surface area contributed by atoms with Crippen LogP contribution in [-0.2, 0) is 12.8 Å². The highest BCUT2D eigenvalue weighted by Crippen LogP contribution is 2.45. The number of halogens is 2. The summed E-state index contributed by atoms with van der Waals surface area (Å²) in [6, 6.07) is 5.26. The number of pyridine rings is 1. The van der Waals surface area contributed by atoms with Gasteiger partial charge in [-0.15, -0.1) is 0 Å². The lowest BCUT2D eigenvalue weighted by Crippen LogP contribution is -2.32. The third kappa shape index (κ3) is 2.84. The van der Waals surface area contributed by atoms with Crippen molar-refractivity contribution in [1.82, 2.24) is 10.3 Å². The molecule has 1 aliphatic heterocycles. The van der Waals surface area contributed by atoms with E-state index >= 15 is 0 Å². The Morgan fingerprint density at radius 3 is 2.67 bits per heavy atom. The minimum absolute atomic E-state index is 0.148. The van der Waals surface area contributed by atoms with Crippen molar-refractivity contribution < 1.29 is 9.50 Å². The fourth-order valence-electron chi connectivity index (χ4n) is 4.23. The molecule has 0 saturated carbocycles. The van der Waals surface area contributed by atoms with Gasteiger partial charge in [-0.3, -0.25) is 4.98 Å². The molecule has 0 bridgehead atoms. The van der Waals surface area contributed by atoms with E-state index in [2.05, 4.69) is 26.2 Å². The van der Waals surface area contributed by atoms with Crippen molar-refractivity contribution in [1.29, 1.82) is 0 Å². The molecule has 1 fully saturated rings. The normalized spacial score (nSPS) is 21.0. The van der Waals surface area contributed by atoms with Gasteiger partial charge >= 0.3 is 0 Å². The van der Waals surface area contributed by atoms with E-state index in [0.717, 1.165) is 60.1 Å². The van der Waals surface area contributed by atoms with Crippen LogP contribution in [0.2, 0.25) is 0 Å². The molecular formula is C19H20BrFN2O. The van der Waals surface area contributed by atoms with Gasteiger partial charge in [-0.05, 0) is 79.6 Å². The Labute approximate surface area is 149 Å². The zero-order valence-electron chi connectivity index (χ0n) is 13.4. The predicted molar refractivity (Wildman–Crippen MR) is 94.8 cm³/mol. The molecular weight excluding hydrogens is 371 g/mol. The van der Waals surface area contributed by atoms with E-state index in [1.807, 2.05) is 6.07 Å². The molecule has 1 aromatic carbocycles. The Hall–Kier alpha value is -1.46. The van der Waals surface area contributed by atoms with Crippen molar-refractivity contribution in [2.24, 2.45) is 5.92 Å². The summed E-state index contributed by atoms with van der Waals surface area (Å²) in [4.78, 5) is 4.52. The van der Waals surface area contributed by atoms with Crippen LogP contribution in [0.3, 0.4) is 0 Å². The van der Waals surface area contributed by atoms with Gasteiger partial charge < -0.3 is 10.4 Å². The molecule has 2 heterocycles. The number of piperidine rings is 1. The lowest BCUT2D eigenvalue weighted by atomic mass is 9.77. The maximum atomic E-state index is 13.7. The summed E-state index contributed by atoms with van der Waals surface area (Å²) in [7, 11) is 0. The van der Waals surface area contributed by atoms with Crippen LogP contribution in [0.15, 0.2) is 28.9 Å². The summed E-state index contributed by atoms with van der Waals surface area (Å²) < 4.78 is 14.7. The largest absolute Gasteiger partial charge is 0.508 e. The highest BCUT2D eigenvalue weighted by molar-refractivity contribution is 9.10. The van der Waals surface area contributed by atoms with Crippen LogP contribution in [0.4, 0.5) is 4.39 Å². The summed E-state index contributed by atoms with van der Waals surface area (Å²) in [5.41, 5.74) is 4.37. The molecule has 1 atom stereocenters. The van der Waals surface area contributed by atoms with E-state index < -0.39 is 0 Å². The van der Waals surface area contributed by atoms with Gasteiger partial charge in [-0.2, -0.15) is 0 Å². The number of aromatic hydroxyl groups is 1. The van der Waals surface area contributed by atoms with E-state index in [4.69, 9.17) is 0 Å². The lowest BCUT2D eigenvalue weighted by molar-refractivity contribution is 0.337. The third-order valence-electron chi connectivity index (χ3n) is 5.29. The first-order chi connectivity index (χ1) is 11.6. The number of phenolic OH excluding ortho intramolecular Hbond substituents is 1. The van der Waals surface area contributed by atoms with E-state index in [9.17, 15) is 9.50 Å². The predicted octanol–water partition coefficient (Wildman–Crippen LogP) is 3.92. The number of rotatable bonds is 1. The second-order valence-corrected chi connectivity index (χ2v) is 7.62. The monoisotopic (exact) mass is 390 g/mol. The average molecular weight is 391 g/mol. The number of aryl methyl sites for hydroxylation is 2. The topological polar surface area (TPSA) is 45.2 Å². The molecule has 1 aromatic heterocycles. The van der Waals surface area contributed by atoms with Gasteiger partial charge in [0.2, 0.25) is 0 Å². The van der Waals surface area contributed by atoms with Crippen LogP contribution in [-0.4, -0.2) is 23.2 Å². The van der Waals surface area contributed by atoms with Crippen molar-refractivity contribution in [2.75, 3.05) is 13.1 Å². The molecule has 126 valence electrons. The third-order valence-corrected chi connectivity index (χ3v) is 5.95. The van der Waals surface area contributed by atoms with Crippen LogP contribution >= 0.6 is 15.9 Å². The summed E-state index contributed by atoms with van der Waals surface area (Å²) in [6.45, 7) is 2.01. The van der Waals surface area contributed by atoms with Gasteiger partial charge in [-0.1, -0.05) is 15.9 Å². The van der Waals surface area contributed by atoms with Crippen LogP contribution in [0, 0.1) is 11.7 Å². The van der Waals surface area contributed by atoms with Gasteiger partial charge in [0.05, 0.1) is 11.9 Å². The second-order valence-electron chi connectivity index (χ2n) is 6.76. The first kappa shape index (κ1) is 16.0. The fourth-order valence-corrected chi connectivity index (χ4v) is 4.96. The summed E-state index contributed by atoms with van der Waals surface area (Å²) >= 11 is 3.66. The SMILES string of the molecule is Oc1cc(Br)c2c(c1)CCc1cc(F)cnc1C2C1CCNCC1. The molecule has 24 heavy (non-hydrogen) atoms. The lowest BCUT2D eigenvalue weighted by Gasteiger charge is -2.32. The van der Waals surface area contributed by atoms with Gasteiger partial charge in [-0.25, -0.2) is 4.39 Å². The minimum Gasteiger partial charge on any atom is -0.508 e. The van der Waals surface area contributed by atoms with Crippen LogP contribution in [0.1, 0.15) is 41.1 Å². The number of benzene rings is 1. The fraction of sp³-hybridized carbons (Fsp3) is 0.421. The van der Waals surface area contributed by atoms with Crippen LogP contribution < -0.4 is 5.32 Å². The molecule has 2 aliphatic rings. The molecule has 1 unspecified atom stereocenters. The van der Waals surface area contributed by atoms with Crippen molar-refractivity contribution in [2.45, 2.75) is 31.6 Å². The molecule has 1 saturated heterocycles. The summed E-state index contributed by atoms with van der Waals surface area (Å²) in [5.74, 6) is 0.622. The molecule has 2 aromatic rings. The number of hydrogen-bond donors (Lipinski definition) is 2. The summed E-state index contributed by atoms with van der Waals surface area (Å²) in [6.07, 6.45) is 5.05. The Morgan fingerprint density at radius 1 is 1.12 bits per heavy atom. The number of nitrogens with one attached hydrogen (secondary N) is 1. The average Bonchev–Trinajstić information content (AvgIpc) is 2.72. The van der Waals surface area contributed by atoms with E-state index in [0.29, 0.717) is 5.92 Å². The second kappa shape index (κ2) is 6.45. The van der Waals surface area contributed by atoms with Crippen LogP contribution in [0.25, 0.3) is 0 Å². The van der Waals surface area contributed by atoms with Gasteiger partial charge in [0.25, 0.3) is 0 Å². The molecule has 1 aliphatic carbocycles. The van der Waals surface area contributed by atoms with E-state index in [1.54, 1.807) is 12.1 Å². The first-order valence-corrected chi connectivity index (χ1v) is 9.29. The molecule has 5 heteroatoms. The van der Waals surface area contributed by atoms with Crippen molar-refractivity contribution in [3.8, 4) is 5.75 Å². The van der Waals surface area contributed by atoms with Crippen molar-refractivity contribution >= 4 is 15.9 Å². The first-order valence-electron chi connectivity index (χ1n) is 8.50. The van der Waals surface area contributed by atoms with E-state index in [-0.39, 0.29) is 17.5 Å². The zero-order chi connectivity index (χ0) is 16.7. The molecule has 0 radical (unpaired) electrons. The Bertz CT molecular complexity index is 774. The molecule has 3 nitrogen and oxygen atoms in total. The van der Waals surface area contributed by atoms with Crippen LogP contribution in [0.5, 0.6) is 5.75 Å². The van der Waals surface area contributed by atoms with Crippen molar-refractivity contribution in [3.63, 3.8) is 0 Å². The quantitative estimate of drug-likeness (QED) is 0.775. The molecule has 0 spiro atoms. The smallest absolute Gasteiger partial charge is 0.141 e. The molecule has 2 N–H and O–H groups in total. The van der Waals surface area contributed by atoms with Gasteiger partial charge in [0.1, 0.15) is 11.6 Å². The number of aromatic nitrogens is 1. The highest BCUT2D eigenvalue weighted by atomic mass is 79.9. The Kier molecular flexibility index (Phi) is 4.31. The summed E-state index contributed by atoms with van der Waals surface area (Å²) in [5, 5.41) is 13.4. The van der Waals surface area contributed by atoms with E-state index in [1.165, 1.54) is 11.8 Å². The maximum absolute atomic E-state index is 13.7. The zero-order valence-corrected chi connectivity index (χ0v) is 14.9. The standard InChI is InChI=1S/C19H20BrFN2O/c20-16-9-15(24)8-12-1-2-13-7-14(21)10-23-19(13)18(17(12)16)11-3-5-22-6-4-11/h7-11,18,22,24H,1-6H2.